The first-order valence-corrected chi connectivity index (χ1v) is 5.42. The number of alkyl halides is 6. The third-order valence-electron chi connectivity index (χ3n) is 2.17. The first-order chi connectivity index (χ1) is 9.46. The van der Waals surface area contributed by atoms with E-state index in [9.17, 15) is 26.3 Å². The second-order valence-corrected chi connectivity index (χ2v) is 4.12. The van der Waals surface area contributed by atoms with Crippen LogP contribution in [0.1, 0.15) is 5.56 Å². The standard InChI is InChI=1S/C10H7ClF6N2O2/c11-6-3-4(1-2-5(6)7(18)19-20)21-8(9(12,13)14)10(15,16)17/h1-3,8,20H,(H2,18,19). The van der Waals surface area contributed by atoms with Gasteiger partial charge in [-0.3, -0.25) is 0 Å². The smallest absolute Gasteiger partial charge is 0.434 e. The highest BCUT2D eigenvalue weighted by atomic mass is 35.5. The zero-order chi connectivity index (χ0) is 16.4. The lowest BCUT2D eigenvalue weighted by Gasteiger charge is -2.24. The normalized spacial score (nSPS) is 13.6. The molecule has 0 spiro atoms. The van der Waals surface area contributed by atoms with Crippen molar-refractivity contribution < 1.29 is 36.3 Å². The maximum Gasteiger partial charge on any atom is 0.434 e. The van der Waals surface area contributed by atoms with E-state index in [0.717, 1.165) is 12.1 Å². The molecular formula is C10H7ClF6N2O2. The largest absolute Gasteiger partial charge is 0.471 e. The van der Waals surface area contributed by atoms with Crippen LogP contribution in [0.2, 0.25) is 5.02 Å². The van der Waals surface area contributed by atoms with Gasteiger partial charge in [-0.1, -0.05) is 16.8 Å². The molecule has 21 heavy (non-hydrogen) atoms. The van der Waals surface area contributed by atoms with Gasteiger partial charge >= 0.3 is 12.4 Å². The first kappa shape index (κ1) is 17.2. The highest BCUT2D eigenvalue weighted by Crippen LogP contribution is 2.37. The third kappa shape index (κ3) is 4.31. The number of nitrogens with two attached hydrogens (primary N) is 1. The van der Waals surface area contributed by atoms with E-state index in [2.05, 4.69) is 9.89 Å². The average Bonchev–Trinajstić information content (AvgIpc) is 2.32. The van der Waals surface area contributed by atoms with E-state index in [-0.39, 0.29) is 10.6 Å². The number of oxime groups is 1. The molecule has 3 N–H and O–H groups in total. The Balaban J connectivity index is 3.10. The zero-order valence-corrected chi connectivity index (χ0v) is 10.6. The van der Waals surface area contributed by atoms with Gasteiger partial charge in [-0.25, -0.2) is 0 Å². The molecule has 0 atom stereocenters. The summed E-state index contributed by atoms with van der Waals surface area (Å²) in [7, 11) is 0. The Bertz CT molecular complexity index is 529. The summed E-state index contributed by atoms with van der Waals surface area (Å²) in [6, 6.07) is 2.43. The van der Waals surface area contributed by atoms with Gasteiger partial charge in [0, 0.05) is 5.56 Å². The van der Waals surface area contributed by atoms with Crippen LogP contribution in [0.4, 0.5) is 26.3 Å². The van der Waals surface area contributed by atoms with Crippen LogP contribution < -0.4 is 10.5 Å². The molecule has 1 aromatic carbocycles. The summed E-state index contributed by atoms with van der Waals surface area (Å²) in [5, 5.41) is 10.7. The van der Waals surface area contributed by atoms with Crippen molar-refractivity contribution in [1.82, 2.24) is 0 Å². The maximum absolute atomic E-state index is 12.3. The lowest BCUT2D eigenvalue weighted by molar-refractivity contribution is -0.299. The summed E-state index contributed by atoms with van der Waals surface area (Å²) in [6.45, 7) is 0. The quantitative estimate of drug-likeness (QED) is 0.292. The average molecular weight is 337 g/mol. The predicted molar refractivity (Wildman–Crippen MR) is 60.5 cm³/mol. The molecule has 0 aliphatic carbocycles. The SMILES string of the molecule is N/C(=N/O)c1ccc(OC(C(F)(F)F)C(F)(F)F)cc1Cl. The molecule has 0 saturated carbocycles. The zero-order valence-electron chi connectivity index (χ0n) is 9.84. The number of halogens is 7. The van der Waals surface area contributed by atoms with Gasteiger partial charge in [0.1, 0.15) is 5.75 Å². The highest BCUT2D eigenvalue weighted by molar-refractivity contribution is 6.34. The number of hydrogen-bond acceptors (Lipinski definition) is 3. The third-order valence-corrected chi connectivity index (χ3v) is 2.49. The summed E-state index contributed by atoms with van der Waals surface area (Å²) in [5.74, 6) is -1.23. The Labute approximate surface area is 118 Å². The molecule has 0 aliphatic heterocycles. The number of hydrogen-bond donors (Lipinski definition) is 2. The van der Waals surface area contributed by atoms with Gasteiger partial charge in [-0.2, -0.15) is 26.3 Å². The highest BCUT2D eigenvalue weighted by Gasteiger charge is 2.59. The van der Waals surface area contributed by atoms with Crippen molar-refractivity contribution in [1.29, 1.82) is 0 Å². The molecule has 0 amide bonds. The minimum atomic E-state index is -5.64. The van der Waals surface area contributed by atoms with Gasteiger partial charge < -0.3 is 15.7 Å². The van der Waals surface area contributed by atoms with E-state index in [1.54, 1.807) is 0 Å². The van der Waals surface area contributed by atoms with Gasteiger partial charge in [0.15, 0.2) is 5.84 Å². The Kier molecular flexibility index (Phi) is 4.82. The monoisotopic (exact) mass is 336 g/mol. The summed E-state index contributed by atoms with van der Waals surface area (Å²) in [6.07, 6.45) is -15.3. The molecule has 0 saturated heterocycles. The number of benzene rings is 1. The molecule has 0 radical (unpaired) electrons. The van der Waals surface area contributed by atoms with E-state index in [4.69, 9.17) is 22.5 Å². The lowest BCUT2D eigenvalue weighted by Crippen LogP contribution is -2.46. The minimum absolute atomic E-state index is 0.0814. The fourth-order valence-electron chi connectivity index (χ4n) is 1.29. The molecule has 0 fully saturated rings. The maximum atomic E-state index is 12.3. The van der Waals surface area contributed by atoms with Crippen LogP contribution in [0.15, 0.2) is 23.4 Å². The second-order valence-electron chi connectivity index (χ2n) is 3.71. The van der Waals surface area contributed by atoms with Crippen LogP contribution in [-0.2, 0) is 0 Å². The van der Waals surface area contributed by atoms with Gasteiger partial charge in [0.25, 0.3) is 6.10 Å². The van der Waals surface area contributed by atoms with Crippen LogP contribution in [0.3, 0.4) is 0 Å². The summed E-state index contributed by atoms with van der Waals surface area (Å²) in [5.41, 5.74) is 5.12. The number of nitrogens with zero attached hydrogens (tertiary/aromatic N) is 1. The fourth-order valence-corrected chi connectivity index (χ4v) is 1.55. The molecule has 0 heterocycles. The van der Waals surface area contributed by atoms with Crippen molar-refractivity contribution in [2.24, 2.45) is 10.9 Å². The van der Waals surface area contributed by atoms with Crippen LogP contribution in [0.5, 0.6) is 5.75 Å². The van der Waals surface area contributed by atoms with Crippen molar-refractivity contribution in [2.45, 2.75) is 18.5 Å². The summed E-state index contributed by atoms with van der Waals surface area (Å²) >= 11 is 5.60. The Hall–Kier alpha value is -1.84. The Morgan fingerprint density at radius 3 is 2.10 bits per heavy atom. The van der Waals surface area contributed by atoms with Crippen molar-refractivity contribution in [3.8, 4) is 5.75 Å². The van der Waals surface area contributed by atoms with Crippen molar-refractivity contribution in [3.63, 3.8) is 0 Å². The van der Waals surface area contributed by atoms with Crippen LogP contribution in [0.25, 0.3) is 0 Å². The van der Waals surface area contributed by atoms with Gasteiger partial charge in [-0.05, 0) is 18.2 Å². The minimum Gasteiger partial charge on any atom is -0.471 e. The molecule has 0 unspecified atom stereocenters. The van der Waals surface area contributed by atoms with Crippen molar-refractivity contribution in [2.75, 3.05) is 0 Å². The molecule has 11 heteroatoms. The van der Waals surface area contributed by atoms with E-state index in [1.165, 1.54) is 0 Å². The summed E-state index contributed by atoms with van der Waals surface area (Å²) in [4.78, 5) is 0. The Morgan fingerprint density at radius 1 is 1.19 bits per heavy atom. The molecule has 0 aromatic heterocycles. The fraction of sp³-hybridized carbons (Fsp3) is 0.300. The van der Waals surface area contributed by atoms with Crippen LogP contribution in [-0.4, -0.2) is 29.5 Å². The van der Waals surface area contributed by atoms with Gasteiger partial charge in [0.2, 0.25) is 0 Å². The molecule has 1 rings (SSSR count). The molecule has 1 aromatic rings. The van der Waals surface area contributed by atoms with Gasteiger partial charge in [-0.15, -0.1) is 0 Å². The van der Waals surface area contributed by atoms with E-state index >= 15 is 0 Å². The number of rotatable bonds is 3. The summed E-state index contributed by atoms with van der Waals surface area (Å²) < 4.78 is 77.8. The molecule has 0 aliphatic rings. The van der Waals surface area contributed by atoms with Gasteiger partial charge in [0.05, 0.1) is 5.02 Å². The lowest BCUT2D eigenvalue weighted by atomic mass is 10.2. The van der Waals surface area contributed by atoms with Crippen LogP contribution >= 0.6 is 11.6 Å². The topological polar surface area (TPSA) is 67.8 Å². The molecular weight excluding hydrogens is 330 g/mol. The van der Waals surface area contributed by atoms with E-state index < -0.39 is 30.0 Å². The molecule has 0 bridgehead atoms. The second kappa shape index (κ2) is 5.88. The van der Waals surface area contributed by atoms with Crippen molar-refractivity contribution in [3.05, 3.63) is 28.8 Å². The number of amidine groups is 1. The molecule has 4 nitrogen and oxygen atoms in total. The van der Waals surface area contributed by atoms with Crippen molar-refractivity contribution >= 4 is 17.4 Å². The van der Waals surface area contributed by atoms with E-state index in [1.807, 2.05) is 0 Å². The van der Waals surface area contributed by atoms with E-state index in [0.29, 0.717) is 6.07 Å². The predicted octanol–water partition coefficient (Wildman–Crippen LogP) is 3.31. The number of ether oxygens (including phenoxy) is 1. The Morgan fingerprint density at radius 2 is 1.71 bits per heavy atom. The first-order valence-electron chi connectivity index (χ1n) is 5.04. The van der Waals surface area contributed by atoms with Crippen LogP contribution in [0, 0.1) is 0 Å². The molecule has 118 valence electrons.